The Morgan fingerprint density at radius 2 is 1.67 bits per heavy atom. The van der Waals surface area contributed by atoms with Crippen molar-refractivity contribution in [2.24, 2.45) is 0 Å². The van der Waals surface area contributed by atoms with Crippen LogP contribution in [0, 0.1) is 5.82 Å². The van der Waals surface area contributed by atoms with E-state index in [1.165, 1.54) is 29.2 Å². The molecule has 0 saturated heterocycles. The number of halogens is 3. The monoisotopic (exact) mass is 367 g/mol. The first-order valence-corrected chi connectivity index (χ1v) is 8.09. The van der Waals surface area contributed by atoms with Crippen LogP contribution < -0.4 is 0 Å². The molecule has 2 aromatic carbocycles. The van der Waals surface area contributed by atoms with E-state index in [-0.39, 0.29) is 24.5 Å². The third-order valence-corrected chi connectivity index (χ3v) is 4.30. The van der Waals surface area contributed by atoms with Gasteiger partial charge in [-0.2, -0.15) is 0 Å². The molecule has 1 amide bonds. The molecule has 0 aliphatic carbocycles. The quantitative estimate of drug-likeness (QED) is 0.690. The zero-order valence-electron chi connectivity index (χ0n) is 13.1. The van der Waals surface area contributed by atoms with Crippen molar-refractivity contribution in [2.75, 3.05) is 7.05 Å². The maximum absolute atomic E-state index is 12.8. The lowest BCUT2D eigenvalue weighted by atomic mass is 10.1. The fourth-order valence-electron chi connectivity index (χ4n) is 2.19. The molecule has 2 rings (SSSR count). The molecule has 6 heteroatoms. The molecule has 3 nitrogen and oxygen atoms in total. The molecule has 0 aliphatic rings. The first kappa shape index (κ1) is 18.4. The van der Waals surface area contributed by atoms with Crippen molar-refractivity contribution >= 4 is 34.9 Å². The SMILES string of the molecule is CN(Cc1ccc(Cl)c(Cl)c1)C(=O)CCC(=O)c1ccc(F)cc1. The third kappa shape index (κ3) is 5.05. The van der Waals surface area contributed by atoms with Crippen LogP contribution in [0.25, 0.3) is 0 Å². The molecule has 0 bridgehead atoms. The smallest absolute Gasteiger partial charge is 0.223 e. The van der Waals surface area contributed by atoms with Gasteiger partial charge in [0.25, 0.3) is 0 Å². The van der Waals surface area contributed by atoms with Crippen LogP contribution >= 0.6 is 23.2 Å². The lowest BCUT2D eigenvalue weighted by Gasteiger charge is -2.17. The number of Topliss-reactive ketones (excluding diaryl/α,β-unsaturated/α-hetero) is 1. The van der Waals surface area contributed by atoms with Gasteiger partial charge in [0.1, 0.15) is 5.82 Å². The van der Waals surface area contributed by atoms with Gasteiger partial charge in [0.15, 0.2) is 5.78 Å². The van der Waals surface area contributed by atoms with Gasteiger partial charge in [0.2, 0.25) is 5.91 Å². The number of ketones is 1. The minimum Gasteiger partial charge on any atom is -0.341 e. The first-order chi connectivity index (χ1) is 11.4. The van der Waals surface area contributed by atoms with E-state index in [1.54, 1.807) is 25.2 Å². The third-order valence-electron chi connectivity index (χ3n) is 3.56. The summed E-state index contributed by atoms with van der Waals surface area (Å²) >= 11 is 11.8. The van der Waals surface area contributed by atoms with E-state index in [0.29, 0.717) is 22.2 Å². The number of carbonyl (C=O) groups excluding carboxylic acids is 2. The predicted octanol–water partition coefficient (Wildman–Crippen LogP) is 4.75. The van der Waals surface area contributed by atoms with E-state index >= 15 is 0 Å². The Hall–Kier alpha value is -1.91. The summed E-state index contributed by atoms with van der Waals surface area (Å²) < 4.78 is 12.8. The number of hydrogen-bond donors (Lipinski definition) is 0. The van der Waals surface area contributed by atoms with Crippen LogP contribution in [-0.4, -0.2) is 23.6 Å². The topological polar surface area (TPSA) is 37.4 Å². The van der Waals surface area contributed by atoms with Gasteiger partial charge in [-0.1, -0.05) is 29.3 Å². The van der Waals surface area contributed by atoms with Crippen molar-refractivity contribution in [1.29, 1.82) is 0 Å². The fraction of sp³-hybridized carbons (Fsp3) is 0.222. The number of hydrogen-bond acceptors (Lipinski definition) is 2. The van der Waals surface area contributed by atoms with Gasteiger partial charge in [-0.15, -0.1) is 0 Å². The highest BCUT2D eigenvalue weighted by Gasteiger charge is 2.13. The van der Waals surface area contributed by atoms with E-state index in [2.05, 4.69) is 0 Å². The Morgan fingerprint density at radius 3 is 2.29 bits per heavy atom. The molecule has 0 spiro atoms. The molecule has 0 fully saturated rings. The van der Waals surface area contributed by atoms with Gasteiger partial charge in [-0.3, -0.25) is 9.59 Å². The molecular formula is C18H16Cl2FNO2. The first-order valence-electron chi connectivity index (χ1n) is 7.33. The summed E-state index contributed by atoms with van der Waals surface area (Å²) in [5.41, 5.74) is 1.25. The van der Waals surface area contributed by atoms with Crippen LogP contribution in [0.5, 0.6) is 0 Å². The summed E-state index contributed by atoms with van der Waals surface area (Å²) in [5, 5.41) is 0.890. The lowest BCUT2D eigenvalue weighted by molar-refractivity contribution is -0.130. The molecule has 0 atom stereocenters. The van der Waals surface area contributed by atoms with E-state index in [4.69, 9.17) is 23.2 Å². The Kier molecular flexibility index (Phi) is 6.35. The zero-order valence-corrected chi connectivity index (χ0v) is 14.6. The summed E-state index contributed by atoms with van der Waals surface area (Å²) in [7, 11) is 1.66. The van der Waals surface area contributed by atoms with Crippen molar-refractivity contribution in [3.8, 4) is 0 Å². The molecule has 0 N–H and O–H groups in total. The Labute approximate surface area is 150 Å². The van der Waals surface area contributed by atoms with Gasteiger partial charge in [0.05, 0.1) is 10.0 Å². The molecule has 0 unspecified atom stereocenters. The Balaban J connectivity index is 1.88. The van der Waals surface area contributed by atoms with Crippen LogP contribution in [0.4, 0.5) is 4.39 Å². The summed E-state index contributed by atoms with van der Waals surface area (Å²) in [5.74, 6) is -0.744. The predicted molar refractivity (Wildman–Crippen MR) is 92.9 cm³/mol. The number of benzene rings is 2. The van der Waals surface area contributed by atoms with Crippen LogP contribution in [0.15, 0.2) is 42.5 Å². The van der Waals surface area contributed by atoms with Crippen LogP contribution in [0.1, 0.15) is 28.8 Å². The highest BCUT2D eigenvalue weighted by molar-refractivity contribution is 6.42. The summed E-state index contributed by atoms with van der Waals surface area (Å²) in [4.78, 5) is 25.7. The summed E-state index contributed by atoms with van der Waals surface area (Å²) in [6.07, 6.45) is 0.171. The lowest BCUT2D eigenvalue weighted by Crippen LogP contribution is -2.26. The zero-order chi connectivity index (χ0) is 17.7. The van der Waals surface area contributed by atoms with Gasteiger partial charge >= 0.3 is 0 Å². The molecule has 2 aromatic rings. The molecule has 0 saturated carbocycles. The Morgan fingerprint density at radius 1 is 1.00 bits per heavy atom. The minimum absolute atomic E-state index is 0.0795. The van der Waals surface area contributed by atoms with Crippen LogP contribution in [0.3, 0.4) is 0 Å². The maximum Gasteiger partial charge on any atom is 0.223 e. The highest BCUT2D eigenvalue weighted by Crippen LogP contribution is 2.23. The molecule has 0 heterocycles. The van der Waals surface area contributed by atoms with Crippen molar-refractivity contribution in [2.45, 2.75) is 19.4 Å². The largest absolute Gasteiger partial charge is 0.341 e. The number of carbonyl (C=O) groups is 2. The minimum atomic E-state index is -0.399. The van der Waals surface area contributed by atoms with E-state index in [1.807, 2.05) is 0 Å². The van der Waals surface area contributed by atoms with Gasteiger partial charge in [-0.25, -0.2) is 4.39 Å². The van der Waals surface area contributed by atoms with Crippen molar-refractivity contribution < 1.29 is 14.0 Å². The summed E-state index contributed by atoms with van der Waals surface area (Å²) in [6, 6.07) is 10.5. The fourth-order valence-corrected chi connectivity index (χ4v) is 2.51. The van der Waals surface area contributed by atoms with Gasteiger partial charge in [-0.05, 0) is 42.0 Å². The number of nitrogens with zero attached hydrogens (tertiary/aromatic N) is 1. The van der Waals surface area contributed by atoms with Crippen molar-refractivity contribution in [3.63, 3.8) is 0 Å². The molecule has 0 aromatic heterocycles. The van der Waals surface area contributed by atoms with Gasteiger partial charge < -0.3 is 4.90 Å². The second-order valence-electron chi connectivity index (χ2n) is 5.43. The van der Waals surface area contributed by atoms with E-state index in [0.717, 1.165) is 5.56 Å². The highest BCUT2D eigenvalue weighted by atomic mass is 35.5. The molecule has 0 aliphatic heterocycles. The number of rotatable bonds is 6. The van der Waals surface area contributed by atoms with E-state index in [9.17, 15) is 14.0 Å². The molecule has 24 heavy (non-hydrogen) atoms. The average molecular weight is 368 g/mol. The average Bonchev–Trinajstić information content (AvgIpc) is 2.56. The maximum atomic E-state index is 12.8. The second-order valence-corrected chi connectivity index (χ2v) is 6.24. The van der Waals surface area contributed by atoms with Crippen molar-refractivity contribution in [3.05, 3.63) is 69.5 Å². The molecule has 126 valence electrons. The van der Waals surface area contributed by atoms with Crippen LogP contribution in [-0.2, 0) is 11.3 Å². The van der Waals surface area contributed by atoms with Crippen molar-refractivity contribution in [1.82, 2.24) is 4.90 Å². The van der Waals surface area contributed by atoms with E-state index < -0.39 is 5.82 Å². The number of amides is 1. The van der Waals surface area contributed by atoms with Crippen LogP contribution in [0.2, 0.25) is 10.0 Å². The van der Waals surface area contributed by atoms with Gasteiger partial charge in [0, 0.05) is 32.0 Å². The summed E-state index contributed by atoms with van der Waals surface area (Å²) in [6.45, 7) is 0.375. The second kappa shape index (κ2) is 8.27. The Bertz CT molecular complexity index is 747. The molecule has 0 radical (unpaired) electrons. The standard InChI is InChI=1S/C18H16Cl2FNO2/c1-22(11-12-2-7-15(19)16(20)10-12)18(24)9-8-17(23)13-3-5-14(21)6-4-13/h2-7,10H,8-9,11H2,1H3. The molecular weight excluding hydrogens is 352 g/mol. The normalized spacial score (nSPS) is 10.5.